The Balaban J connectivity index is 0. The van der Waals surface area contributed by atoms with Gasteiger partial charge in [0.1, 0.15) is 0 Å². The van der Waals surface area contributed by atoms with E-state index in [2.05, 4.69) is 4.52 Å². The maximum Gasteiger partial charge on any atom is 1.00 e. The van der Waals surface area contributed by atoms with E-state index in [1.807, 2.05) is 30.3 Å². The first kappa shape index (κ1) is 17.5. The second kappa shape index (κ2) is 8.58. The van der Waals surface area contributed by atoms with E-state index in [9.17, 15) is 4.57 Å². The minimum atomic E-state index is -4.49. The fraction of sp³-hybridized carbons (Fsp3) is 0.200. The molecule has 0 radical (unpaired) electrons. The Kier molecular flexibility index (Phi) is 8.84. The van der Waals surface area contributed by atoms with Crippen LogP contribution in [0.5, 0.6) is 0 Å². The number of phosphoric ester groups is 1. The van der Waals surface area contributed by atoms with Gasteiger partial charge in [-0.2, -0.15) is 0 Å². The molecule has 1 aromatic carbocycles. The number of hydrogen-bond acceptors (Lipinski definition) is 3. The Labute approximate surface area is 144 Å². The van der Waals surface area contributed by atoms with Gasteiger partial charge in [-0.15, -0.1) is 0 Å². The zero-order valence-corrected chi connectivity index (χ0v) is 13.7. The molecule has 0 heterocycles. The second-order valence-corrected chi connectivity index (χ2v) is 4.21. The molecule has 0 spiro atoms. The van der Waals surface area contributed by atoms with Crippen LogP contribution in [0.3, 0.4) is 0 Å². The van der Waals surface area contributed by atoms with Gasteiger partial charge in [-0.1, -0.05) is 30.3 Å². The van der Waals surface area contributed by atoms with E-state index < -0.39 is 14.1 Å². The van der Waals surface area contributed by atoms with Crippen molar-refractivity contribution in [2.45, 2.75) is 13.2 Å². The summed E-state index contributed by atoms with van der Waals surface area (Å²) in [6.07, 6.45) is 2.00. The molecule has 0 amide bonds. The summed E-state index contributed by atoms with van der Waals surface area (Å²) in [6.45, 7) is 1.40. The molecular formula is C10H14KO5P. The summed E-state index contributed by atoms with van der Waals surface area (Å²) in [7, 11) is -4.49. The van der Waals surface area contributed by atoms with E-state index in [4.69, 9.17) is 14.5 Å². The van der Waals surface area contributed by atoms with Gasteiger partial charge in [-0.05, 0) is 18.6 Å². The van der Waals surface area contributed by atoms with Crippen LogP contribution in [0.2, 0.25) is 0 Å². The molecule has 0 aliphatic carbocycles. The quantitative estimate of drug-likeness (QED) is 0.322. The van der Waals surface area contributed by atoms with Crippen molar-refractivity contribution in [1.29, 1.82) is 0 Å². The Bertz CT molecular complexity index is 395. The second-order valence-electron chi connectivity index (χ2n) is 3.01. The number of phosphoric acid groups is 1. The average Bonchev–Trinajstić information content (AvgIpc) is 2.16. The third-order valence-corrected chi connectivity index (χ3v) is 2.19. The largest absolute Gasteiger partial charge is 1.00 e. The molecule has 90 valence electrons. The van der Waals surface area contributed by atoms with Crippen LogP contribution in [0.4, 0.5) is 0 Å². The minimum Gasteiger partial charge on any atom is -1.00 e. The van der Waals surface area contributed by atoms with Crippen LogP contribution in [0.1, 0.15) is 13.9 Å². The first-order valence-electron chi connectivity index (χ1n) is 4.58. The molecule has 0 bridgehead atoms. The maximum atomic E-state index is 10.4. The molecule has 0 aromatic heterocycles. The molecule has 0 fully saturated rings. The van der Waals surface area contributed by atoms with Crippen molar-refractivity contribution in [3.05, 3.63) is 42.2 Å². The van der Waals surface area contributed by atoms with E-state index in [1.165, 1.54) is 13.2 Å². The van der Waals surface area contributed by atoms with Crippen LogP contribution < -0.4 is 51.4 Å². The number of ether oxygens (including phenoxy) is 1. The molecule has 1 rings (SSSR count). The average molecular weight is 284 g/mol. The molecule has 1 unspecified atom stereocenters. The van der Waals surface area contributed by atoms with E-state index >= 15 is 0 Å². The van der Waals surface area contributed by atoms with Crippen molar-refractivity contribution < 1.29 is 76.4 Å². The van der Waals surface area contributed by atoms with E-state index in [1.54, 1.807) is 6.08 Å². The van der Waals surface area contributed by atoms with Crippen molar-refractivity contribution in [3.63, 3.8) is 0 Å². The third-order valence-electron chi connectivity index (χ3n) is 1.62. The molecule has 1 aromatic rings. The van der Waals surface area contributed by atoms with Gasteiger partial charge in [-0.25, -0.2) is 9.09 Å². The van der Waals surface area contributed by atoms with Gasteiger partial charge in [0.05, 0.1) is 6.26 Å². The Morgan fingerprint density at radius 3 is 2.47 bits per heavy atom. The maximum absolute atomic E-state index is 10.4. The van der Waals surface area contributed by atoms with Crippen LogP contribution in [0.15, 0.2) is 36.6 Å². The van der Waals surface area contributed by atoms with E-state index in [0.717, 1.165) is 5.56 Å². The normalized spacial score (nSPS) is 13.1. The topological polar surface area (TPSA) is 76.0 Å². The number of rotatable bonds is 5. The van der Waals surface area contributed by atoms with Gasteiger partial charge in [-0.3, -0.25) is 0 Å². The molecule has 1 atom stereocenters. The zero-order valence-electron chi connectivity index (χ0n) is 10.7. The summed E-state index contributed by atoms with van der Waals surface area (Å²) in [6, 6.07) is 9.37. The molecule has 0 saturated carbocycles. The standard InChI is InChI=1S/C10H13O5P.K.H/c1-9(15-16(11,12)13)14-8-7-10-5-3-2-4-6-10;;/h2-9H,1H3,(H2,11,12,13);;/q;+1;-1. The summed E-state index contributed by atoms with van der Waals surface area (Å²) in [5.41, 5.74) is 0.922. The minimum absolute atomic E-state index is 0. The zero-order chi connectivity index (χ0) is 12.0. The molecular weight excluding hydrogens is 270 g/mol. The monoisotopic (exact) mass is 284 g/mol. The van der Waals surface area contributed by atoms with Crippen molar-refractivity contribution >= 4 is 13.9 Å². The Morgan fingerprint density at radius 2 is 1.94 bits per heavy atom. The summed E-state index contributed by atoms with van der Waals surface area (Å²) in [4.78, 5) is 17.0. The number of hydrogen-bond donors (Lipinski definition) is 2. The molecule has 2 N–H and O–H groups in total. The molecule has 7 heteroatoms. The summed E-state index contributed by atoms with van der Waals surface area (Å²) < 4.78 is 19.6. The van der Waals surface area contributed by atoms with Gasteiger partial charge in [0.25, 0.3) is 0 Å². The summed E-state index contributed by atoms with van der Waals surface area (Å²) >= 11 is 0. The van der Waals surface area contributed by atoms with Gasteiger partial charge in [0, 0.05) is 0 Å². The van der Waals surface area contributed by atoms with Gasteiger partial charge < -0.3 is 16.0 Å². The van der Waals surface area contributed by atoms with Crippen molar-refractivity contribution in [1.82, 2.24) is 0 Å². The van der Waals surface area contributed by atoms with E-state index in [-0.39, 0.29) is 52.8 Å². The SMILES string of the molecule is CC(OC=Cc1ccccc1)OP(=O)(O)O.[H-].[K+]. The molecule has 0 aliphatic heterocycles. The van der Waals surface area contributed by atoms with Crippen molar-refractivity contribution in [2.24, 2.45) is 0 Å². The molecule has 0 aliphatic rings. The number of benzene rings is 1. The van der Waals surface area contributed by atoms with Crippen LogP contribution in [-0.4, -0.2) is 16.1 Å². The fourth-order valence-corrected chi connectivity index (χ4v) is 1.45. The predicted molar refractivity (Wildman–Crippen MR) is 60.3 cm³/mol. The van der Waals surface area contributed by atoms with E-state index in [0.29, 0.717) is 0 Å². The summed E-state index contributed by atoms with van der Waals surface area (Å²) in [5.74, 6) is 0. The fourth-order valence-electron chi connectivity index (χ4n) is 1.01. The smallest absolute Gasteiger partial charge is 1.00 e. The first-order chi connectivity index (χ1) is 7.47. The summed E-state index contributed by atoms with van der Waals surface area (Å²) in [5, 5.41) is 0. The molecule has 5 nitrogen and oxygen atoms in total. The molecule has 0 saturated heterocycles. The van der Waals surface area contributed by atoms with Gasteiger partial charge >= 0.3 is 59.2 Å². The Morgan fingerprint density at radius 1 is 1.35 bits per heavy atom. The third kappa shape index (κ3) is 9.13. The predicted octanol–water partition coefficient (Wildman–Crippen LogP) is -0.754. The van der Waals surface area contributed by atoms with Crippen LogP contribution >= 0.6 is 7.82 Å². The van der Waals surface area contributed by atoms with Crippen molar-refractivity contribution in [3.8, 4) is 0 Å². The van der Waals surface area contributed by atoms with Gasteiger partial charge in [0.15, 0.2) is 0 Å². The Hall–Kier alpha value is 0.506. The van der Waals surface area contributed by atoms with Crippen LogP contribution in [0.25, 0.3) is 6.08 Å². The van der Waals surface area contributed by atoms with Crippen LogP contribution in [-0.2, 0) is 13.8 Å². The van der Waals surface area contributed by atoms with Gasteiger partial charge in [0.2, 0.25) is 6.29 Å². The first-order valence-corrected chi connectivity index (χ1v) is 6.11. The molecule has 17 heavy (non-hydrogen) atoms. The van der Waals surface area contributed by atoms with Crippen molar-refractivity contribution in [2.75, 3.05) is 0 Å². The van der Waals surface area contributed by atoms with Crippen LogP contribution in [0, 0.1) is 0 Å².